The van der Waals surface area contributed by atoms with E-state index in [9.17, 15) is 22.8 Å². The minimum atomic E-state index is -4.95. The van der Waals surface area contributed by atoms with Crippen LogP contribution in [-0.2, 0) is 4.79 Å². The number of rotatable bonds is 1. The molecule has 7 heteroatoms. The Balaban J connectivity index is 2.16. The molecule has 4 nitrogen and oxygen atoms in total. The molecule has 0 fully saturated rings. The molecule has 1 aromatic heterocycles. The number of carbonyl (C=O) groups excluding carboxylic acids is 2. The zero-order valence-corrected chi connectivity index (χ0v) is 7.80. The van der Waals surface area contributed by atoms with E-state index in [1.165, 1.54) is 12.3 Å². The van der Waals surface area contributed by atoms with Crippen molar-refractivity contribution in [2.45, 2.75) is 18.6 Å². The van der Waals surface area contributed by atoms with Gasteiger partial charge in [-0.05, 0) is 6.07 Å². The van der Waals surface area contributed by atoms with E-state index in [0.29, 0.717) is 5.56 Å². The monoisotopic (exact) mass is 233 g/mol. The van der Waals surface area contributed by atoms with Gasteiger partial charge in [-0.15, -0.1) is 0 Å². The van der Waals surface area contributed by atoms with Crippen LogP contribution in [0.1, 0.15) is 28.6 Å². The van der Waals surface area contributed by atoms with Gasteiger partial charge >= 0.3 is 12.1 Å². The molecule has 0 bridgehead atoms. The SMILES string of the molecule is O=C1CC(NC(=O)C(F)(F)F)c2ccoc21. The summed E-state index contributed by atoms with van der Waals surface area (Å²) in [7, 11) is 0. The molecule has 16 heavy (non-hydrogen) atoms. The molecular formula is C9H6F3NO3. The first-order valence-electron chi connectivity index (χ1n) is 4.38. The van der Waals surface area contributed by atoms with Crippen molar-refractivity contribution in [2.24, 2.45) is 0 Å². The first-order valence-corrected chi connectivity index (χ1v) is 4.38. The van der Waals surface area contributed by atoms with Crippen molar-refractivity contribution in [1.29, 1.82) is 0 Å². The summed E-state index contributed by atoms with van der Waals surface area (Å²) in [5, 5.41) is 1.75. The van der Waals surface area contributed by atoms with Gasteiger partial charge < -0.3 is 9.73 Å². The van der Waals surface area contributed by atoms with E-state index in [2.05, 4.69) is 0 Å². The van der Waals surface area contributed by atoms with Gasteiger partial charge in [0.05, 0.1) is 12.3 Å². The van der Waals surface area contributed by atoms with Gasteiger partial charge in [0.1, 0.15) is 0 Å². The number of ketones is 1. The van der Waals surface area contributed by atoms with Crippen LogP contribution in [0.5, 0.6) is 0 Å². The summed E-state index contributed by atoms with van der Waals surface area (Å²) >= 11 is 0. The van der Waals surface area contributed by atoms with Crippen molar-refractivity contribution < 1.29 is 27.2 Å². The van der Waals surface area contributed by atoms with Crippen LogP contribution in [0.15, 0.2) is 16.7 Å². The van der Waals surface area contributed by atoms with Gasteiger partial charge in [-0.1, -0.05) is 0 Å². The molecule has 1 aromatic rings. The summed E-state index contributed by atoms with van der Waals surface area (Å²) in [6, 6.07) is 0.428. The Bertz CT molecular complexity index is 449. The predicted octanol–water partition coefficient (Wildman–Crippen LogP) is 1.59. The third-order valence-corrected chi connectivity index (χ3v) is 2.28. The lowest BCUT2D eigenvalue weighted by atomic mass is 10.2. The zero-order chi connectivity index (χ0) is 11.9. The molecule has 1 aliphatic rings. The predicted molar refractivity (Wildman–Crippen MR) is 44.6 cm³/mol. The fourth-order valence-electron chi connectivity index (χ4n) is 1.58. The molecule has 1 amide bonds. The average Bonchev–Trinajstić information content (AvgIpc) is 2.70. The van der Waals surface area contributed by atoms with Crippen molar-refractivity contribution in [1.82, 2.24) is 5.32 Å². The van der Waals surface area contributed by atoms with Crippen LogP contribution in [0, 0.1) is 0 Å². The molecule has 0 spiro atoms. The molecular weight excluding hydrogens is 227 g/mol. The van der Waals surface area contributed by atoms with Gasteiger partial charge in [0.25, 0.3) is 0 Å². The zero-order valence-electron chi connectivity index (χ0n) is 7.80. The maximum absolute atomic E-state index is 12.0. The molecule has 1 unspecified atom stereocenters. The van der Waals surface area contributed by atoms with E-state index in [1.807, 2.05) is 0 Å². The van der Waals surface area contributed by atoms with Gasteiger partial charge in [0.2, 0.25) is 5.78 Å². The fraction of sp³-hybridized carbons (Fsp3) is 0.333. The van der Waals surface area contributed by atoms with Gasteiger partial charge in [0, 0.05) is 12.0 Å². The number of Topliss-reactive ketones (excluding diaryl/α,β-unsaturated/α-hetero) is 1. The summed E-state index contributed by atoms with van der Waals surface area (Å²) < 4.78 is 40.7. The number of fused-ring (bicyclic) bond motifs is 1. The Morgan fingerprint density at radius 2 is 2.19 bits per heavy atom. The summed E-state index contributed by atoms with van der Waals surface area (Å²) in [6.07, 6.45) is -3.94. The second-order valence-corrected chi connectivity index (χ2v) is 3.36. The highest BCUT2D eigenvalue weighted by molar-refractivity contribution is 5.99. The molecule has 1 N–H and O–H groups in total. The van der Waals surface area contributed by atoms with Crippen LogP contribution < -0.4 is 5.32 Å². The quantitative estimate of drug-likeness (QED) is 0.801. The van der Waals surface area contributed by atoms with Gasteiger partial charge in [-0.2, -0.15) is 13.2 Å². The van der Waals surface area contributed by atoms with E-state index >= 15 is 0 Å². The van der Waals surface area contributed by atoms with Crippen molar-refractivity contribution in [3.8, 4) is 0 Å². The molecule has 2 rings (SSSR count). The molecule has 0 radical (unpaired) electrons. The fourth-order valence-corrected chi connectivity index (χ4v) is 1.58. The molecule has 86 valence electrons. The van der Waals surface area contributed by atoms with E-state index in [4.69, 9.17) is 4.42 Å². The topological polar surface area (TPSA) is 59.3 Å². The number of hydrogen-bond acceptors (Lipinski definition) is 3. The lowest BCUT2D eigenvalue weighted by Gasteiger charge is -2.13. The van der Waals surface area contributed by atoms with E-state index in [1.54, 1.807) is 5.32 Å². The van der Waals surface area contributed by atoms with Crippen LogP contribution in [0.25, 0.3) is 0 Å². The molecule has 0 aromatic carbocycles. The van der Waals surface area contributed by atoms with Crippen LogP contribution in [-0.4, -0.2) is 17.9 Å². The van der Waals surface area contributed by atoms with Crippen LogP contribution >= 0.6 is 0 Å². The highest BCUT2D eigenvalue weighted by Gasteiger charge is 2.42. The highest BCUT2D eigenvalue weighted by atomic mass is 19.4. The largest absolute Gasteiger partial charge is 0.471 e. The Morgan fingerprint density at radius 1 is 1.50 bits per heavy atom. The van der Waals surface area contributed by atoms with Crippen LogP contribution in [0.4, 0.5) is 13.2 Å². The standard InChI is InChI=1S/C9H6F3NO3/c10-9(11,12)8(15)13-5-3-6(14)7-4(5)1-2-16-7/h1-2,5H,3H2,(H,13,15). The molecule has 1 atom stereocenters. The molecule has 0 aliphatic heterocycles. The van der Waals surface area contributed by atoms with Crippen molar-refractivity contribution >= 4 is 11.7 Å². The highest BCUT2D eigenvalue weighted by Crippen LogP contribution is 2.32. The maximum atomic E-state index is 12.0. The number of alkyl halides is 3. The number of halogens is 3. The number of furan rings is 1. The Labute approximate surface area is 87.4 Å². The van der Waals surface area contributed by atoms with Crippen LogP contribution in [0.3, 0.4) is 0 Å². The first-order chi connectivity index (χ1) is 7.39. The molecule has 1 aliphatic carbocycles. The Morgan fingerprint density at radius 3 is 2.81 bits per heavy atom. The maximum Gasteiger partial charge on any atom is 0.471 e. The normalized spacial score (nSPS) is 19.7. The summed E-state index contributed by atoms with van der Waals surface area (Å²) in [5.41, 5.74) is 0.294. The minimum Gasteiger partial charge on any atom is -0.461 e. The molecule has 1 heterocycles. The number of carbonyl (C=O) groups is 2. The minimum absolute atomic E-state index is 0.0208. The number of amides is 1. The summed E-state index contributed by atoms with van der Waals surface area (Å²) in [4.78, 5) is 21.9. The molecule has 0 saturated heterocycles. The molecule has 0 saturated carbocycles. The van der Waals surface area contributed by atoms with Gasteiger partial charge in [0.15, 0.2) is 5.76 Å². The smallest absolute Gasteiger partial charge is 0.461 e. The average molecular weight is 233 g/mol. The summed E-state index contributed by atoms with van der Waals surface area (Å²) in [5.74, 6) is -2.45. The third kappa shape index (κ3) is 1.68. The van der Waals surface area contributed by atoms with Crippen LogP contribution in [0.2, 0.25) is 0 Å². The van der Waals surface area contributed by atoms with E-state index < -0.39 is 23.9 Å². The first kappa shape index (κ1) is 10.7. The van der Waals surface area contributed by atoms with Gasteiger partial charge in [-0.3, -0.25) is 9.59 Å². The van der Waals surface area contributed by atoms with Crippen molar-refractivity contribution in [3.63, 3.8) is 0 Å². The summed E-state index contributed by atoms with van der Waals surface area (Å²) in [6.45, 7) is 0. The van der Waals surface area contributed by atoms with Crippen molar-refractivity contribution in [3.05, 3.63) is 23.7 Å². The van der Waals surface area contributed by atoms with Gasteiger partial charge in [-0.25, -0.2) is 0 Å². The third-order valence-electron chi connectivity index (χ3n) is 2.28. The number of nitrogens with one attached hydrogen (secondary N) is 1. The lowest BCUT2D eigenvalue weighted by molar-refractivity contribution is -0.174. The second-order valence-electron chi connectivity index (χ2n) is 3.36. The second kappa shape index (κ2) is 3.36. The van der Waals surface area contributed by atoms with E-state index in [-0.39, 0.29) is 12.2 Å². The Hall–Kier alpha value is -1.79. The Kier molecular flexibility index (Phi) is 2.25. The number of hydrogen-bond donors (Lipinski definition) is 1. The van der Waals surface area contributed by atoms with Crippen molar-refractivity contribution in [2.75, 3.05) is 0 Å². The van der Waals surface area contributed by atoms with E-state index in [0.717, 1.165) is 0 Å². The lowest BCUT2D eigenvalue weighted by Crippen LogP contribution is -2.38.